The fraction of sp³-hybridized carbons (Fsp3) is 1.00. The van der Waals surface area contributed by atoms with E-state index in [0.29, 0.717) is 6.10 Å². The molecular formula is C9H18ClNO. The average molecular weight is 192 g/mol. The summed E-state index contributed by atoms with van der Waals surface area (Å²) in [5.41, 5.74) is 0. The van der Waals surface area contributed by atoms with Crippen LogP contribution in [0.3, 0.4) is 0 Å². The van der Waals surface area contributed by atoms with Crippen LogP contribution in [0, 0.1) is 0 Å². The fourth-order valence-electron chi connectivity index (χ4n) is 1.44. The Kier molecular flexibility index (Phi) is 4.96. The lowest BCUT2D eigenvalue weighted by Crippen LogP contribution is -2.25. The normalized spacial score (nSPS) is 26.0. The maximum Gasteiger partial charge on any atom is 0.0588 e. The number of halogens is 1. The summed E-state index contributed by atoms with van der Waals surface area (Å²) < 4.78 is 5.49. The van der Waals surface area contributed by atoms with Crippen LogP contribution >= 0.6 is 11.6 Å². The van der Waals surface area contributed by atoms with Crippen LogP contribution in [0.5, 0.6) is 0 Å². The van der Waals surface area contributed by atoms with Gasteiger partial charge in [-0.05, 0) is 32.7 Å². The number of nitrogens with one attached hydrogen (secondary N) is 1. The Morgan fingerprint density at radius 3 is 3.08 bits per heavy atom. The molecule has 1 rings (SSSR count). The van der Waals surface area contributed by atoms with Crippen molar-refractivity contribution in [3.63, 3.8) is 0 Å². The summed E-state index contributed by atoms with van der Waals surface area (Å²) in [5, 5.41) is 3.53. The summed E-state index contributed by atoms with van der Waals surface area (Å²) in [5.74, 6) is 0. The van der Waals surface area contributed by atoms with E-state index in [1.807, 2.05) is 6.92 Å². The number of rotatable bonds is 5. The van der Waals surface area contributed by atoms with E-state index in [1.54, 1.807) is 0 Å². The number of hydrogen-bond donors (Lipinski definition) is 1. The van der Waals surface area contributed by atoms with E-state index < -0.39 is 0 Å². The van der Waals surface area contributed by atoms with E-state index in [0.717, 1.165) is 26.1 Å². The zero-order valence-electron chi connectivity index (χ0n) is 7.68. The minimum Gasteiger partial charge on any atom is -0.378 e. The molecule has 0 spiro atoms. The Labute approximate surface area is 79.6 Å². The molecule has 0 aromatic heterocycles. The second kappa shape index (κ2) is 5.79. The van der Waals surface area contributed by atoms with Crippen molar-refractivity contribution in [3.8, 4) is 0 Å². The minimum absolute atomic E-state index is 0.231. The highest BCUT2D eigenvalue weighted by Crippen LogP contribution is 2.14. The van der Waals surface area contributed by atoms with Crippen LogP contribution in [0.15, 0.2) is 0 Å². The van der Waals surface area contributed by atoms with Gasteiger partial charge in [0, 0.05) is 18.5 Å². The molecule has 0 radical (unpaired) electrons. The summed E-state index contributed by atoms with van der Waals surface area (Å²) in [6, 6.07) is 0. The molecule has 2 atom stereocenters. The van der Waals surface area contributed by atoms with Crippen LogP contribution in [0.25, 0.3) is 0 Å². The smallest absolute Gasteiger partial charge is 0.0588 e. The predicted molar refractivity (Wildman–Crippen MR) is 51.8 cm³/mol. The van der Waals surface area contributed by atoms with Crippen molar-refractivity contribution in [2.24, 2.45) is 0 Å². The number of hydrogen-bond acceptors (Lipinski definition) is 2. The lowest BCUT2D eigenvalue weighted by molar-refractivity contribution is 0.104. The van der Waals surface area contributed by atoms with Crippen molar-refractivity contribution in [2.75, 3.05) is 19.7 Å². The summed E-state index contributed by atoms with van der Waals surface area (Å²) in [4.78, 5) is 0. The third-order valence-electron chi connectivity index (χ3n) is 2.09. The van der Waals surface area contributed by atoms with Crippen LogP contribution in [0.2, 0.25) is 0 Å². The Hall–Kier alpha value is 0.210. The van der Waals surface area contributed by atoms with Crippen LogP contribution in [0.1, 0.15) is 26.2 Å². The molecule has 0 aliphatic carbocycles. The molecule has 12 heavy (non-hydrogen) atoms. The van der Waals surface area contributed by atoms with Gasteiger partial charge in [-0.2, -0.15) is 0 Å². The zero-order chi connectivity index (χ0) is 8.81. The lowest BCUT2D eigenvalue weighted by Gasteiger charge is -2.10. The molecule has 2 nitrogen and oxygen atoms in total. The molecule has 1 N–H and O–H groups in total. The van der Waals surface area contributed by atoms with Crippen molar-refractivity contribution in [1.29, 1.82) is 0 Å². The lowest BCUT2D eigenvalue weighted by atomic mass is 10.2. The molecule has 1 aliphatic heterocycles. The van der Waals surface area contributed by atoms with Gasteiger partial charge in [0.15, 0.2) is 0 Å². The summed E-state index contributed by atoms with van der Waals surface area (Å²) in [6.45, 7) is 4.88. The highest BCUT2D eigenvalue weighted by molar-refractivity contribution is 6.20. The van der Waals surface area contributed by atoms with Gasteiger partial charge in [0.25, 0.3) is 0 Å². The number of ether oxygens (including phenoxy) is 1. The molecule has 1 fully saturated rings. The van der Waals surface area contributed by atoms with Crippen LogP contribution in [-0.2, 0) is 4.74 Å². The van der Waals surface area contributed by atoms with Crippen molar-refractivity contribution in [3.05, 3.63) is 0 Å². The predicted octanol–water partition coefficient (Wildman–Crippen LogP) is 1.77. The standard InChI is InChI=1S/C9H18ClNO/c1-8(10)7-11-5-4-9-3-2-6-12-9/h8-9,11H,2-7H2,1H3. The van der Waals surface area contributed by atoms with Gasteiger partial charge in [-0.25, -0.2) is 0 Å². The van der Waals surface area contributed by atoms with Crippen molar-refractivity contribution >= 4 is 11.6 Å². The highest BCUT2D eigenvalue weighted by Gasteiger charge is 2.14. The van der Waals surface area contributed by atoms with E-state index >= 15 is 0 Å². The van der Waals surface area contributed by atoms with E-state index in [4.69, 9.17) is 16.3 Å². The van der Waals surface area contributed by atoms with E-state index in [9.17, 15) is 0 Å². The second-order valence-corrected chi connectivity index (χ2v) is 4.15. The molecular weight excluding hydrogens is 174 g/mol. The van der Waals surface area contributed by atoms with Gasteiger partial charge < -0.3 is 10.1 Å². The van der Waals surface area contributed by atoms with Crippen LogP contribution in [-0.4, -0.2) is 31.2 Å². The van der Waals surface area contributed by atoms with Gasteiger partial charge in [0.2, 0.25) is 0 Å². The van der Waals surface area contributed by atoms with Crippen molar-refractivity contribution < 1.29 is 4.74 Å². The van der Waals surface area contributed by atoms with Gasteiger partial charge in [-0.15, -0.1) is 11.6 Å². The topological polar surface area (TPSA) is 21.3 Å². The third kappa shape index (κ3) is 4.29. The maximum atomic E-state index is 5.78. The molecule has 3 heteroatoms. The molecule has 0 bridgehead atoms. The highest BCUT2D eigenvalue weighted by atomic mass is 35.5. The molecule has 72 valence electrons. The molecule has 0 aromatic carbocycles. The summed E-state index contributed by atoms with van der Waals surface area (Å²) >= 11 is 5.78. The first-order valence-corrected chi connectivity index (χ1v) is 5.19. The third-order valence-corrected chi connectivity index (χ3v) is 2.25. The van der Waals surface area contributed by atoms with Crippen LogP contribution < -0.4 is 5.32 Å². The molecule has 0 saturated carbocycles. The Balaban J connectivity index is 1.88. The molecule has 1 aliphatic rings. The molecule has 1 saturated heterocycles. The SMILES string of the molecule is CC(Cl)CNCCC1CCCO1. The second-order valence-electron chi connectivity index (χ2n) is 3.41. The Morgan fingerprint density at radius 1 is 1.67 bits per heavy atom. The van der Waals surface area contributed by atoms with Gasteiger partial charge in [-0.1, -0.05) is 0 Å². The van der Waals surface area contributed by atoms with Crippen molar-refractivity contribution in [2.45, 2.75) is 37.7 Å². The van der Waals surface area contributed by atoms with Gasteiger partial charge in [0.1, 0.15) is 0 Å². The Morgan fingerprint density at radius 2 is 2.50 bits per heavy atom. The first kappa shape index (κ1) is 10.3. The van der Waals surface area contributed by atoms with E-state index in [-0.39, 0.29) is 5.38 Å². The van der Waals surface area contributed by atoms with Crippen molar-refractivity contribution in [1.82, 2.24) is 5.32 Å². The summed E-state index contributed by atoms with van der Waals surface area (Å²) in [7, 11) is 0. The van der Waals surface area contributed by atoms with Crippen LogP contribution in [0.4, 0.5) is 0 Å². The number of alkyl halides is 1. The van der Waals surface area contributed by atoms with Gasteiger partial charge in [-0.3, -0.25) is 0 Å². The minimum atomic E-state index is 0.231. The quantitative estimate of drug-likeness (QED) is 0.529. The monoisotopic (exact) mass is 191 g/mol. The largest absolute Gasteiger partial charge is 0.378 e. The molecule has 0 aromatic rings. The first-order valence-electron chi connectivity index (χ1n) is 4.75. The van der Waals surface area contributed by atoms with E-state index in [2.05, 4.69) is 5.32 Å². The van der Waals surface area contributed by atoms with Gasteiger partial charge in [0.05, 0.1) is 6.10 Å². The fourth-order valence-corrected chi connectivity index (χ4v) is 1.55. The summed E-state index contributed by atoms with van der Waals surface area (Å²) in [6.07, 6.45) is 4.10. The van der Waals surface area contributed by atoms with E-state index in [1.165, 1.54) is 12.8 Å². The maximum absolute atomic E-state index is 5.78. The molecule has 2 unspecified atom stereocenters. The Bertz CT molecular complexity index is 113. The molecule has 1 heterocycles. The average Bonchev–Trinajstić information content (AvgIpc) is 2.49. The zero-order valence-corrected chi connectivity index (χ0v) is 8.44. The van der Waals surface area contributed by atoms with Gasteiger partial charge >= 0.3 is 0 Å². The first-order chi connectivity index (χ1) is 5.79. The molecule has 0 amide bonds.